The third-order valence-electron chi connectivity index (χ3n) is 6.64. The van der Waals surface area contributed by atoms with Crippen LogP contribution in [-0.2, 0) is 4.79 Å². The topological polar surface area (TPSA) is 37.3 Å². The van der Waals surface area contributed by atoms with Crippen LogP contribution >= 0.6 is 0 Å². The maximum atomic E-state index is 11.1. The largest absolute Gasteiger partial charge is 0.481 e. The van der Waals surface area contributed by atoms with Crippen molar-refractivity contribution in [1.82, 2.24) is 0 Å². The van der Waals surface area contributed by atoms with E-state index in [1.807, 2.05) is 78.9 Å². The van der Waals surface area contributed by atoms with Crippen molar-refractivity contribution in [2.24, 2.45) is 0 Å². The van der Waals surface area contributed by atoms with E-state index in [9.17, 15) is 4.79 Å². The minimum atomic E-state index is -0.798. The van der Waals surface area contributed by atoms with E-state index in [0.29, 0.717) is 0 Å². The van der Waals surface area contributed by atoms with Crippen LogP contribution in [0.25, 0.3) is 33.4 Å². The molecule has 6 rings (SSSR count). The molecule has 1 atom stereocenters. The second-order valence-corrected chi connectivity index (χ2v) is 9.48. The summed E-state index contributed by atoms with van der Waals surface area (Å²) in [5, 5.41) is 9.11. The van der Waals surface area contributed by atoms with Crippen LogP contribution in [0.1, 0.15) is 18.4 Å². The van der Waals surface area contributed by atoms with E-state index in [0.717, 1.165) is 16.7 Å². The van der Waals surface area contributed by atoms with Gasteiger partial charge in [-0.2, -0.15) is 0 Å². The first-order chi connectivity index (χ1) is 20.1. The van der Waals surface area contributed by atoms with Crippen LogP contribution in [0.2, 0.25) is 0 Å². The van der Waals surface area contributed by atoms with Gasteiger partial charge in [-0.15, -0.1) is 0 Å². The zero-order valence-electron chi connectivity index (χ0n) is 23.2. The van der Waals surface area contributed by atoms with Gasteiger partial charge >= 0.3 is 5.97 Å². The molecule has 0 radical (unpaired) electrons. The standard InChI is InChI=1S/C15H14O2.2C12H10/c1-11(15(16)17)13-9-5-6-10-14(13)12-7-3-2-4-8-12;2*1-3-7-11(8-4-1)12-9-5-2-6-10-12/h2-11H,1H3,(H,16,17);2*1-10H. The Morgan fingerprint density at radius 1 is 0.415 bits per heavy atom. The number of hydrogen-bond acceptors (Lipinski definition) is 1. The molecule has 0 spiro atoms. The molecule has 2 nitrogen and oxygen atoms in total. The average molecular weight is 535 g/mol. The molecule has 6 aromatic carbocycles. The highest BCUT2D eigenvalue weighted by molar-refractivity contribution is 5.80. The van der Waals surface area contributed by atoms with Crippen molar-refractivity contribution in [2.75, 3.05) is 0 Å². The van der Waals surface area contributed by atoms with Crippen LogP contribution in [0.5, 0.6) is 0 Å². The molecule has 0 saturated carbocycles. The summed E-state index contributed by atoms with van der Waals surface area (Å²) in [6.07, 6.45) is 0. The minimum Gasteiger partial charge on any atom is -0.481 e. The maximum Gasteiger partial charge on any atom is 0.310 e. The first-order valence-electron chi connectivity index (χ1n) is 13.7. The molecule has 41 heavy (non-hydrogen) atoms. The fourth-order valence-electron chi connectivity index (χ4n) is 4.41. The molecular formula is C39H34O2. The number of aliphatic carboxylic acids is 1. The molecule has 1 N–H and O–H groups in total. The lowest BCUT2D eigenvalue weighted by Gasteiger charge is -2.13. The Hall–Kier alpha value is -5.21. The van der Waals surface area contributed by atoms with Gasteiger partial charge < -0.3 is 5.11 Å². The molecule has 1 unspecified atom stereocenters. The van der Waals surface area contributed by atoms with Crippen molar-refractivity contribution >= 4 is 5.97 Å². The molecule has 202 valence electrons. The summed E-state index contributed by atoms with van der Waals surface area (Å²) in [6.45, 7) is 1.71. The summed E-state index contributed by atoms with van der Waals surface area (Å²) >= 11 is 0. The van der Waals surface area contributed by atoms with Gasteiger partial charge in [0.15, 0.2) is 0 Å². The fraction of sp³-hybridized carbons (Fsp3) is 0.0513. The van der Waals surface area contributed by atoms with Gasteiger partial charge in [0.2, 0.25) is 0 Å². The summed E-state index contributed by atoms with van der Waals surface area (Å²) in [5.41, 5.74) is 8.00. The van der Waals surface area contributed by atoms with E-state index in [2.05, 4.69) is 97.1 Å². The molecule has 0 aliphatic carbocycles. The highest BCUT2D eigenvalue weighted by atomic mass is 16.4. The Labute approximate surface area is 243 Å². The molecule has 0 amide bonds. The monoisotopic (exact) mass is 534 g/mol. The van der Waals surface area contributed by atoms with Crippen LogP contribution in [0.4, 0.5) is 0 Å². The summed E-state index contributed by atoms with van der Waals surface area (Å²) < 4.78 is 0. The predicted molar refractivity (Wildman–Crippen MR) is 172 cm³/mol. The molecular weight excluding hydrogens is 500 g/mol. The zero-order chi connectivity index (χ0) is 28.7. The second kappa shape index (κ2) is 15.4. The van der Waals surface area contributed by atoms with Crippen molar-refractivity contribution in [3.05, 3.63) is 181 Å². The van der Waals surface area contributed by atoms with Gasteiger partial charge in [0.05, 0.1) is 5.92 Å². The minimum absolute atomic E-state index is 0.494. The third-order valence-corrected chi connectivity index (χ3v) is 6.64. The third kappa shape index (κ3) is 8.64. The highest BCUT2D eigenvalue weighted by Gasteiger charge is 2.17. The van der Waals surface area contributed by atoms with Gasteiger partial charge in [0, 0.05) is 0 Å². The van der Waals surface area contributed by atoms with Gasteiger partial charge in [-0.1, -0.05) is 176 Å². The molecule has 6 aromatic rings. The van der Waals surface area contributed by atoms with Crippen molar-refractivity contribution < 1.29 is 9.90 Å². The van der Waals surface area contributed by atoms with Gasteiger partial charge in [0.1, 0.15) is 0 Å². The van der Waals surface area contributed by atoms with E-state index in [4.69, 9.17) is 5.11 Å². The second-order valence-electron chi connectivity index (χ2n) is 9.48. The van der Waals surface area contributed by atoms with E-state index in [-0.39, 0.29) is 0 Å². The molecule has 0 bridgehead atoms. The molecule has 0 fully saturated rings. The zero-order valence-corrected chi connectivity index (χ0v) is 23.2. The number of carbonyl (C=O) groups is 1. The van der Waals surface area contributed by atoms with Gasteiger partial charge in [-0.25, -0.2) is 0 Å². The van der Waals surface area contributed by atoms with E-state index < -0.39 is 11.9 Å². The lowest BCUT2D eigenvalue weighted by Crippen LogP contribution is -2.08. The van der Waals surface area contributed by atoms with Crippen molar-refractivity contribution in [3.8, 4) is 33.4 Å². The van der Waals surface area contributed by atoms with Crippen LogP contribution in [-0.4, -0.2) is 11.1 Å². The Kier molecular flexibility index (Phi) is 10.8. The van der Waals surface area contributed by atoms with Gasteiger partial charge in [0.25, 0.3) is 0 Å². The van der Waals surface area contributed by atoms with Crippen LogP contribution < -0.4 is 0 Å². The van der Waals surface area contributed by atoms with Crippen LogP contribution in [0.3, 0.4) is 0 Å². The van der Waals surface area contributed by atoms with Crippen molar-refractivity contribution in [3.63, 3.8) is 0 Å². The number of carboxylic acid groups (broad SMARTS) is 1. The molecule has 0 aromatic heterocycles. The Morgan fingerprint density at radius 3 is 1.00 bits per heavy atom. The van der Waals surface area contributed by atoms with Crippen LogP contribution in [0.15, 0.2) is 176 Å². The average Bonchev–Trinajstić information content (AvgIpc) is 3.07. The SMILES string of the molecule is CC(C(=O)O)c1ccccc1-c1ccccc1.c1ccc(-c2ccccc2)cc1.c1ccc(-c2ccccc2)cc1. The molecule has 0 heterocycles. The van der Waals surface area contributed by atoms with E-state index in [1.165, 1.54) is 22.3 Å². The lowest BCUT2D eigenvalue weighted by atomic mass is 9.92. The van der Waals surface area contributed by atoms with Gasteiger partial charge in [-0.3, -0.25) is 4.79 Å². The van der Waals surface area contributed by atoms with Gasteiger partial charge in [-0.05, 0) is 45.9 Å². The molecule has 2 heteroatoms. The van der Waals surface area contributed by atoms with E-state index in [1.54, 1.807) is 6.92 Å². The first kappa shape index (κ1) is 28.8. The highest BCUT2D eigenvalue weighted by Crippen LogP contribution is 2.29. The Bertz CT molecular complexity index is 1430. The molecule has 0 aliphatic heterocycles. The quantitative estimate of drug-likeness (QED) is 0.239. The summed E-state index contributed by atoms with van der Waals surface area (Å²) in [4.78, 5) is 11.1. The molecule has 0 saturated heterocycles. The van der Waals surface area contributed by atoms with E-state index >= 15 is 0 Å². The van der Waals surface area contributed by atoms with Crippen molar-refractivity contribution in [1.29, 1.82) is 0 Å². The number of carboxylic acids is 1. The number of hydrogen-bond donors (Lipinski definition) is 1. The summed E-state index contributed by atoms with van der Waals surface area (Å²) in [7, 11) is 0. The predicted octanol–water partition coefficient (Wildman–Crippen LogP) is 10.2. The fourth-order valence-corrected chi connectivity index (χ4v) is 4.41. The first-order valence-corrected chi connectivity index (χ1v) is 13.7. The number of benzene rings is 6. The summed E-state index contributed by atoms with van der Waals surface area (Å²) in [5.74, 6) is -1.29. The maximum absolute atomic E-state index is 11.1. The Balaban J connectivity index is 0.000000145. The van der Waals surface area contributed by atoms with Crippen LogP contribution in [0, 0.1) is 0 Å². The van der Waals surface area contributed by atoms with Crippen molar-refractivity contribution in [2.45, 2.75) is 12.8 Å². The molecule has 0 aliphatic rings. The lowest BCUT2D eigenvalue weighted by molar-refractivity contribution is -0.138. The summed E-state index contributed by atoms with van der Waals surface area (Å²) in [6, 6.07) is 59.1. The normalized spacial score (nSPS) is 10.7. The smallest absolute Gasteiger partial charge is 0.310 e. The Morgan fingerprint density at radius 2 is 0.683 bits per heavy atom. The number of rotatable bonds is 5.